The van der Waals surface area contributed by atoms with E-state index >= 15 is 0 Å². The van der Waals surface area contributed by atoms with E-state index in [2.05, 4.69) is 5.32 Å². The first-order valence-electron chi connectivity index (χ1n) is 5.38. The second kappa shape index (κ2) is 5.56. The van der Waals surface area contributed by atoms with E-state index in [1.54, 1.807) is 0 Å². The monoisotopic (exact) mass is 261 g/mol. The lowest BCUT2D eigenvalue weighted by atomic mass is 10.2. The first-order valence-corrected chi connectivity index (χ1v) is 6.37. The zero-order chi connectivity index (χ0) is 13.0. The van der Waals surface area contributed by atoms with Crippen LogP contribution in [0.5, 0.6) is 0 Å². The molecule has 0 radical (unpaired) electrons. The van der Waals surface area contributed by atoms with E-state index in [1.165, 1.54) is 16.7 Å². The molecular formula is C12H11N3O2S. The van der Waals surface area contributed by atoms with Crippen LogP contribution in [0.1, 0.15) is 0 Å². The van der Waals surface area contributed by atoms with E-state index in [0.717, 1.165) is 10.6 Å². The number of benzene rings is 1. The number of carbonyl (C=O) groups is 2. The molecule has 1 heterocycles. The number of nitriles is 1. The Bertz CT molecular complexity index is 524. The molecule has 0 spiro atoms. The van der Waals surface area contributed by atoms with Crippen LogP contribution in [0.15, 0.2) is 29.2 Å². The zero-order valence-corrected chi connectivity index (χ0v) is 10.4. The molecular weight excluding hydrogens is 250 g/mol. The minimum Gasteiger partial charge on any atom is -0.341 e. The fourth-order valence-corrected chi connectivity index (χ4v) is 2.60. The number of hydrogen-bond donors (Lipinski definition) is 1. The highest BCUT2D eigenvalue weighted by Crippen LogP contribution is 2.34. The maximum absolute atomic E-state index is 11.8. The van der Waals surface area contributed by atoms with Crippen LogP contribution in [-0.4, -0.2) is 30.7 Å². The van der Waals surface area contributed by atoms with Gasteiger partial charge in [0.25, 0.3) is 0 Å². The summed E-state index contributed by atoms with van der Waals surface area (Å²) in [5.41, 5.74) is 0.755. The van der Waals surface area contributed by atoms with Crippen molar-refractivity contribution in [2.24, 2.45) is 0 Å². The van der Waals surface area contributed by atoms with E-state index in [-0.39, 0.29) is 24.9 Å². The normalized spacial score (nSPS) is 13.7. The van der Waals surface area contributed by atoms with Gasteiger partial charge in [-0.05, 0) is 12.1 Å². The second-order valence-electron chi connectivity index (χ2n) is 3.67. The smallest absolute Gasteiger partial charge is 0.240 e. The number of thioether (sulfide) groups is 1. The summed E-state index contributed by atoms with van der Waals surface area (Å²) in [7, 11) is 0. The minimum atomic E-state index is -0.327. The molecule has 5 nitrogen and oxygen atoms in total. The molecule has 18 heavy (non-hydrogen) atoms. The summed E-state index contributed by atoms with van der Waals surface area (Å²) in [5, 5.41) is 10.8. The number of nitrogens with one attached hydrogen (secondary N) is 1. The maximum Gasteiger partial charge on any atom is 0.240 e. The highest BCUT2D eigenvalue weighted by atomic mass is 32.2. The van der Waals surface area contributed by atoms with Crippen molar-refractivity contribution in [2.45, 2.75) is 4.90 Å². The number of nitrogens with zero attached hydrogens (tertiary/aromatic N) is 2. The number of carbonyl (C=O) groups excluding carboxylic acids is 2. The van der Waals surface area contributed by atoms with Gasteiger partial charge in [0.15, 0.2) is 0 Å². The molecule has 2 rings (SSSR count). The molecule has 1 N–H and O–H groups in total. The molecule has 0 bridgehead atoms. The molecule has 0 saturated carbocycles. The van der Waals surface area contributed by atoms with Gasteiger partial charge in [-0.15, -0.1) is 11.8 Å². The van der Waals surface area contributed by atoms with Gasteiger partial charge in [0.1, 0.15) is 13.1 Å². The van der Waals surface area contributed by atoms with Crippen molar-refractivity contribution in [2.75, 3.05) is 23.7 Å². The summed E-state index contributed by atoms with van der Waals surface area (Å²) in [4.78, 5) is 25.8. The molecule has 92 valence electrons. The molecule has 0 fully saturated rings. The van der Waals surface area contributed by atoms with Crippen LogP contribution in [-0.2, 0) is 9.59 Å². The number of para-hydroxylation sites is 1. The summed E-state index contributed by atoms with van der Waals surface area (Å²) in [5.74, 6) is -0.0832. The molecule has 2 amide bonds. The van der Waals surface area contributed by atoms with Crippen molar-refractivity contribution in [3.8, 4) is 6.07 Å². The average molecular weight is 261 g/mol. The van der Waals surface area contributed by atoms with E-state index < -0.39 is 0 Å². The molecule has 1 aromatic rings. The van der Waals surface area contributed by atoms with Crippen molar-refractivity contribution in [1.29, 1.82) is 5.26 Å². The molecule has 1 aromatic carbocycles. The van der Waals surface area contributed by atoms with Gasteiger partial charge in [-0.1, -0.05) is 12.1 Å². The standard InChI is InChI=1S/C12H11N3O2S/c13-5-6-14-11(16)7-15-9-3-1-2-4-10(9)18-8-12(15)17/h1-4H,6-8H2,(H,14,16). The van der Waals surface area contributed by atoms with Crippen molar-refractivity contribution in [3.63, 3.8) is 0 Å². The number of amides is 2. The van der Waals surface area contributed by atoms with Crippen LogP contribution in [0.25, 0.3) is 0 Å². The maximum atomic E-state index is 11.8. The summed E-state index contributed by atoms with van der Waals surface area (Å²) >= 11 is 1.47. The van der Waals surface area contributed by atoms with E-state index in [9.17, 15) is 9.59 Å². The Hall–Kier alpha value is -2.00. The molecule has 1 aliphatic heterocycles. The van der Waals surface area contributed by atoms with E-state index in [4.69, 9.17) is 5.26 Å². The van der Waals surface area contributed by atoms with Gasteiger partial charge in [0.05, 0.1) is 17.5 Å². The third-order valence-electron chi connectivity index (χ3n) is 2.47. The van der Waals surface area contributed by atoms with Gasteiger partial charge in [0, 0.05) is 4.90 Å². The minimum absolute atomic E-state index is 0.0436. The van der Waals surface area contributed by atoms with Crippen LogP contribution in [0.3, 0.4) is 0 Å². The van der Waals surface area contributed by atoms with Crippen molar-refractivity contribution in [1.82, 2.24) is 5.32 Å². The highest BCUT2D eigenvalue weighted by Gasteiger charge is 2.25. The SMILES string of the molecule is N#CCNC(=O)CN1C(=O)CSc2ccccc21. The van der Waals surface area contributed by atoms with Gasteiger partial charge >= 0.3 is 0 Å². The fourth-order valence-electron chi connectivity index (χ4n) is 1.66. The Labute approximate surface area is 109 Å². The van der Waals surface area contributed by atoms with Crippen LogP contribution in [0, 0.1) is 11.3 Å². The Morgan fingerprint density at radius 3 is 3.06 bits per heavy atom. The molecule has 0 unspecified atom stereocenters. The molecule has 6 heteroatoms. The predicted molar refractivity (Wildman–Crippen MR) is 68.1 cm³/mol. The van der Waals surface area contributed by atoms with E-state index in [0.29, 0.717) is 5.75 Å². The lowest BCUT2D eigenvalue weighted by molar-refractivity contribution is -0.122. The Morgan fingerprint density at radius 1 is 1.50 bits per heavy atom. The lowest BCUT2D eigenvalue weighted by Crippen LogP contribution is -2.43. The predicted octanol–water partition coefficient (Wildman–Crippen LogP) is 0.765. The quantitative estimate of drug-likeness (QED) is 0.815. The Balaban J connectivity index is 2.15. The summed E-state index contributed by atoms with van der Waals surface area (Å²) < 4.78 is 0. The summed E-state index contributed by atoms with van der Waals surface area (Å²) in [6.07, 6.45) is 0. The Kier molecular flexibility index (Phi) is 3.85. The lowest BCUT2D eigenvalue weighted by Gasteiger charge is -2.28. The largest absolute Gasteiger partial charge is 0.341 e. The van der Waals surface area contributed by atoms with Crippen molar-refractivity contribution >= 4 is 29.3 Å². The molecule has 1 aliphatic rings. The zero-order valence-electron chi connectivity index (χ0n) is 9.55. The molecule has 0 aromatic heterocycles. The van der Waals surface area contributed by atoms with Crippen LogP contribution in [0.4, 0.5) is 5.69 Å². The number of rotatable bonds is 3. The van der Waals surface area contributed by atoms with Crippen LogP contribution < -0.4 is 10.2 Å². The topological polar surface area (TPSA) is 73.2 Å². The van der Waals surface area contributed by atoms with Crippen molar-refractivity contribution in [3.05, 3.63) is 24.3 Å². The van der Waals surface area contributed by atoms with Crippen molar-refractivity contribution < 1.29 is 9.59 Å². The number of hydrogen-bond acceptors (Lipinski definition) is 4. The summed E-state index contributed by atoms with van der Waals surface area (Å²) in [6.45, 7) is -0.0879. The van der Waals surface area contributed by atoms with Gasteiger partial charge in [-0.25, -0.2) is 0 Å². The Morgan fingerprint density at radius 2 is 2.28 bits per heavy atom. The average Bonchev–Trinajstić information content (AvgIpc) is 2.40. The highest BCUT2D eigenvalue weighted by molar-refractivity contribution is 8.00. The number of anilines is 1. The first-order chi connectivity index (χ1) is 8.72. The molecule has 0 saturated heterocycles. The van der Waals surface area contributed by atoms with Gasteiger partial charge in [0.2, 0.25) is 11.8 Å². The van der Waals surface area contributed by atoms with Crippen LogP contribution in [0.2, 0.25) is 0 Å². The third kappa shape index (κ3) is 2.63. The molecule has 0 aliphatic carbocycles. The third-order valence-corrected chi connectivity index (χ3v) is 3.52. The summed E-state index contributed by atoms with van der Waals surface area (Å²) in [6, 6.07) is 9.30. The van der Waals surface area contributed by atoms with E-state index in [1.807, 2.05) is 30.3 Å². The van der Waals surface area contributed by atoms with Crippen LogP contribution >= 0.6 is 11.8 Å². The van der Waals surface area contributed by atoms with Gasteiger partial charge in [-0.2, -0.15) is 5.26 Å². The number of fused-ring (bicyclic) bond motifs is 1. The fraction of sp³-hybridized carbons (Fsp3) is 0.250. The second-order valence-corrected chi connectivity index (χ2v) is 4.69. The molecule has 0 atom stereocenters. The van der Waals surface area contributed by atoms with Gasteiger partial charge in [-0.3, -0.25) is 9.59 Å². The first kappa shape index (κ1) is 12.5. The van der Waals surface area contributed by atoms with Gasteiger partial charge < -0.3 is 10.2 Å².